The predicted octanol–water partition coefficient (Wildman–Crippen LogP) is 2.87. The minimum Gasteiger partial charge on any atom is -0.393 e. The first kappa shape index (κ1) is 15.0. The van der Waals surface area contributed by atoms with Crippen LogP contribution in [0.5, 0.6) is 0 Å². The largest absolute Gasteiger partial charge is 0.411 e. The van der Waals surface area contributed by atoms with Gasteiger partial charge in [-0.15, -0.1) is 0 Å². The van der Waals surface area contributed by atoms with Crippen molar-refractivity contribution in [3.63, 3.8) is 0 Å². The number of aryl methyl sites for hydroxylation is 1. The van der Waals surface area contributed by atoms with Gasteiger partial charge in [0, 0.05) is 6.61 Å². The van der Waals surface area contributed by atoms with Crippen molar-refractivity contribution in [2.45, 2.75) is 32.0 Å². The molecule has 102 valence electrons. The summed E-state index contributed by atoms with van der Waals surface area (Å²) in [7, 11) is 0. The van der Waals surface area contributed by atoms with Crippen molar-refractivity contribution in [1.29, 1.82) is 0 Å². The topological polar surface area (TPSA) is 29.5 Å². The Morgan fingerprint density at radius 1 is 1.22 bits per heavy atom. The van der Waals surface area contributed by atoms with E-state index in [0.29, 0.717) is 6.42 Å². The van der Waals surface area contributed by atoms with Gasteiger partial charge in [0.2, 0.25) is 0 Å². The number of hydrogen-bond donors (Lipinski definition) is 1. The first-order valence-corrected chi connectivity index (χ1v) is 5.75. The highest BCUT2D eigenvalue weighted by molar-refractivity contribution is 5.21. The smallest absolute Gasteiger partial charge is 0.393 e. The van der Waals surface area contributed by atoms with Gasteiger partial charge in [0.25, 0.3) is 0 Å². The molecule has 5 heteroatoms. The molecule has 2 nitrogen and oxygen atoms in total. The zero-order valence-corrected chi connectivity index (χ0v) is 10.2. The molecule has 0 fully saturated rings. The van der Waals surface area contributed by atoms with Crippen molar-refractivity contribution in [1.82, 2.24) is 0 Å². The Morgan fingerprint density at radius 3 is 2.39 bits per heavy atom. The Morgan fingerprint density at radius 2 is 1.83 bits per heavy atom. The van der Waals surface area contributed by atoms with Gasteiger partial charge in [0.05, 0.1) is 6.10 Å². The minimum absolute atomic E-state index is 0.0907. The molecular weight excluding hydrogens is 245 g/mol. The van der Waals surface area contributed by atoms with Crippen molar-refractivity contribution < 1.29 is 23.0 Å². The monoisotopic (exact) mass is 262 g/mol. The molecule has 0 aliphatic heterocycles. The summed E-state index contributed by atoms with van der Waals surface area (Å²) in [4.78, 5) is 0. The van der Waals surface area contributed by atoms with Crippen molar-refractivity contribution in [3.8, 4) is 0 Å². The van der Waals surface area contributed by atoms with Crippen LogP contribution in [0.15, 0.2) is 24.3 Å². The van der Waals surface area contributed by atoms with Gasteiger partial charge in [0.15, 0.2) is 0 Å². The van der Waals surface area contributed by atoms with Crippen LogP contribution in [0.25, 0.3) is 0 Å². The Kier molecular flexibility index (Phi) is 5.62. The van der Waals surface area contributed by atoms with E-state index in [1.165, 1.54) is 0 Å². The summed E-state index contributed by atoms with van der Waals surface area (Å²) < 4.78 is 39.8. The highest BCUT2D eigenvalue weighted by atomic mass is 19.4. The van der Waals surface area contributed by atoms with E-state index in [1.54, 1.807) is 0 Å². The van der Waals surface area contributed by atoms with Gasteiger partial charge >= 0.3 is 6.18 Å². The highest BCUT2D eigenvalue weighted by Crippen LogP contribution is 2.15. The third-order valence-corrected chi connectivity index (χ3v) is 2.45. The van der Waals surface area contributed by atoms with E-state index in [2.05, 4.69) is 4.74 Å². The molecule has 1 unspecified atom stereocenters. The molecule has 0 spiro atoms. The van der Waals surface area contributed by atoms with E-state index >= 15 is 0 Å². The Hall–Kier alpha value is -1.07. The second-order valence-electron chi connectivity index (χ2n) is 4.30. The summed E-state index contributed by atoms with van der Waals surface area (Å²) in [6.07, 6.45) is -4.36. The molecule has 18 heavy (non-hydrogen) atoms. The van der Waals surface area contributed by atoms with Crippen molar-refractivity contribution >= 4 is 0 Å². The lowest BCUT2D eigenvalue weighted by Gasteiger charge is -2.12. The van der Waals surface area contributed by atoms with Gasteiger partial charge < -0.3 is 9.84 Å². The van der Waals surface area contributed by atoms with Crippen LogP contribution in [-0.4, -0.2) is 30.6 Å². The number of hydrogen-bond acceptors (Lipinski definition) is 2. The van der Waals surface area contributed by atoms with Gasteiger partial charge in [-0.2, -0.15) is 13.2 Å². The van der Waals surface area contributed by atoms with Gasteiger partial charge in [0.1, 0.15) is 6.61 Å². The summed E-state index contributed by atoms with van der Waals surface area (Å²) in [5.41, 5.74) is 2.09. The summed E-state index contributed by atoms with van der Waals surface area (Å²) in [6, 6.07) is 7.66. The van der Waals surface area contributed by atoms with Gasteiger partial charge in [-0.1, -0.05) is 29.8 Å². The van der Waals surface area contributed by atoms with E-state index in [9.17, 15) is 18.3 Å². The fraction of sp³-hybridized carbons (Fsp3) is 0.538. The Labute approximate surface area is 104 Å². The van der Waals surface area contributed by atoms with Gasteiger partial charge in [-0.3, -0.25) is 0 Å². The van der Waals surface area contributed by atoms with E-state index in [-0.39, 0.29) is 13.0 Å². The molecule has 0 aliphatic rings. The van der Waals surface area contributed by atoms with E-state index < -0.39 is 18.9 Å². The highest BCUT2D eigenvalue weighted by Gasteiger charge is 2.27. The van der Waals surface area contributed by atoms with E-state index in [1.807, 2.05) is 31.2 Å². The molecule has 0 aliphatic carbocycles. The molecule has 1 atom stereocenters. The molecule has 1 rings (SSSR count). The fourth-order valence-electron chi connectivity index (χ4n) is 1.51. The number of benzene rings is 1. The summed E-state index contributed by atoms with van der Waals surface area (Å²) in [5, 5.41) is 9.64. The summed E-state index contributed by atoms with van der Waals surface area (Å²) in [6.45, 7) is 0.613. The standard InChI is InChI=1S/C13H17F3O2/c1-10-2-4-11(5-3-10)8-12(17)6-7-18-9-13(14,15)16/h2-5,12,17H,6-9H2,1H3. The first-order chi connectivity index (χ1) is 8.37. The zero-order chi connectivity index (χ0) is 13.6. The maximum absolute atomic E-state index is 11.8. The summed E-state index contributed by atoms with van der Waals surface area (Å²) in [5.74, 6) is 0. The van der Waals surface area contributed by atoms with Crippen LogP contribution in [-0.2, 0) is 11.2 Å². The minimum atomic E-state index is -4.30. The van der Waals surface area contributed by atoms with Crippen LogP contribution in [0.3, 0.4) is 0 Å². The molecule has 0 saturated carbocycles. The average molecular weight is 262 g/mol. The number of rotatable bonds is 6. The maximum atomic E-state index is 11.8. The van der Waals surface area contributed by atoms with E-state index in [0.717, 1.165) is 11.1 Å². The number of halogens is 3. The lowest BCUT2D eigenvalue weighted by atomic mass is 10.0. The molecule has 0 saturated heterocycles. The third kappa shape index (κ3) is 6.61. The first-order valence-electron chi connectivity index (χ1n) is 5.75. The van der Waals surface area contributed by atoms with Crippen molar-refractivity contribution in [3.05, 3.63) is 35.4 Å². The predicted molar refractivity (Wildman–Crippen MR) is 62.4 cm³/mol. The van der Waals surface area contributed by atoms with Gasteiger partial charge in [-0.05, 0) is 25.3 Å². The Balaban J connectivity index is 2.21. The number of alkyl halides is 3. The Bertz CT molecular complexity index is 346. The number of ether oxygens (including phenoxy) is 1. The maximum Gasteiger partial charge on any atom is 0.411 e. The molecule has 1 aromatic rings. The van der Waals surface area contributed by atoms with Crippen LogP contribution in [0.4, 0.5) is 13.2 Å². The SMILES string of the molecule is Cc1ccc(CC(O)CCOCC(F)(F)F)cc1. The quantitative estimate of drug-likeness (QED) is 0.799. The van der Waals surface area contributed by atoms with Crippen LogP contribution in [0, 0.1) is 6.92 Å². The molecule has 0 amide bonds. The zero-order valence-electron chi connectivity index (χ0n) is 10.2. The van der Waals surface area contributed by atoms with Crippen LogP contribution >= 0.6 is 0 Å². The normalized spacial score (nSPS) is 13.6. The number of aliphatic hydroxyl groups is 1. The summed E-state index contributed by atoms with van der Waals surface area (Å²) >= 11 is 0. The molecule has 0 aromatic heterocycles. The second-order valence-corrected chi connectivity index (χ2v) is 4.30. The average Bonchev–Trinajstić information content (AvgIpc) is 2.26. The van der Waals surface area contributed by atoms with Crippen LogP contribution < -0.4 is 0 Å². The van der Waals surface area contributed by atoms with Gasteiger partial charge in [-0.25, -0.2) is 0 Å². The van der Waals surface area contributed by atoms with Crippen LogP contribution in [0.2, 0.25) is 0 Å². The fourth-order valence-corrected chi connectivity index (χ4v) is 1.51. The molecule has 1 aromatic carbocycles. The number of aliphatic hydroxyl groups excluding tert-OH is 1. The second kappa shape index (κ2) is 6.75. The molecular formula is C13H17F3O2. The van der Waals surface area contributed by atoms with Crippen molar-refractivity contribution in [2.75, 3.05) is 13.2 Å². The third-order valence-electron chi connectivity index (χ3n) is 2.45. The molecule has 0 radical (unpaired) electrons. The lowest BCUT2D eigenvalue weighted by Crippen LogP contribution is -2.20. The van der Waals surface area contributed by atoms with E-state index in [4.69, 9.17) is 0 Å². The molecule has 0 heterocycles. The van der Waals surface area contributed by atoms with Crippen LogP contribution in [0.1, 0.15) is 17.5 Å². The van der Waals surface area contributed by atoms with Crippen molar-refractivity contribution in [2.24, 2.45) is 0 Å². The molecule has 0 bridgehead atoms. The lowest BCUT2D eigenvalue weighted by molar-refractivity contribution is -0.175. The molecule has 1 N–H and O–H groups in total.